The molecule has 0 aliphatic rings. The van der Waals surface area contributed by atoms with E-state index >= 15 is 0 Å². The monoisotopic (exact) mass is 514 g/mol. The van der Waals surface area contributed by atoms with Crippen molar-refractivity contribution in [2.45, 2.75) is 33.9 Å². The van der Waals surface area contributed by atoms with Gasteiger partial charge in [-0.3, -0.25) is 9.48 Å². The van der Waals surface area contributed by atoms with Gasteiger partial charge in [0.2, 0.25) is 0 Å². The molecule has 0 unspecified atom stereocenters. The fraction of sp³-hybridized carbons (Fsp3) is 0.367. The Balaban J connectivity index is 1.71. The Morgan fingerprint density at radius 3 is 2.55 bits per heavy atom. The number of likely N-dealkylation sites (N-methyl/N-ethyl adjacent to an activating group) is 1. The number of ether oxygens (including phenoxy) is 1. The summed E-state index contributed by atoms with van der Waals surface area (Å²) in [6.45, 7) is 9.13. The zero-order valence-electron chi connectivity index (χ0n) is 23.5. The quantitative estimate of drug-likeness (QED) is 0.321. The van der Waals surface area contributed by atoms with Gasteiger partial charge in [0, 0.05) is 55.4 Å². The number of hydrogen-bond acceptors (Lipinski definition) is 6. The van der Waals surface area contributed by atoms with Gasteiger partial charge >= 0.3 is 0 Å². The maximum Gasteiger partial charge on any atom is 0.254 e. The fourth-order valence-electron chi connectivity index (χ4n) is 4.57. The largest absolute Gasteiger partial charge is 0.495 e. The summed E-state index contributed by atoms with van der Waals surface area (Å²) in [6.07, 6.45) is 1.85. The molecule has 4 rings (SSSR count). The minimum Gasteiger partial charge on any atom is -0.495 e. The van der Waals surface area contributed by atoms with Crippen LogP contribution in [0, 0.1) is 13.8 Å². The number of pyridine rings is 1. The lowest BCUT2D eigenvalue weighted by molar-refractivity contribution is 0.0787. The van der Waals surface area contributed by atoms with Crippen LogP contribution in [0.1, 0.15) is 34.1 Å². The normalized spacial score (nSPS) is 11.3. The van der Waals surface area contributed by atoms with Crippen molar-refractivity contribution < 1.29 is 9.53 Å². The van der Waals surface area contributed by atoms with Crippen molar-refractivity contribution >= 4 is 22.5 Å². The van der Waals surface area contributed by atoms with Crippen LogP contribution in [0.15, 0.2) is 48.7 Å². The highest BCUT2D eigenvalue weighted by Gasteiger charge is 2.20. The van der Waals surface area contributed by atoms with Crippen LogP contribution in [-0.2, 0) is 13.1 Å². The Kier molecular flexibility index (Phi) is 8.32. The molecule has 0 atom stereocenters. The summed E-state index contributed by atoms with van der Waals surface area (Å²) in [5, 5.41) is 8.72. The second kappa shape index (κ2) is 11.6. The summed E-state index contributed by atoms with van der Waals surface area (Å²) in [5.74, 6) is 0.683. The number of methoxy groups -OCH3 is 1. The van der Waals surface area contributed by atoms with Crippen molar-refractivity contribution in [2.24, 2.45) is 0 Å². The smallest absolute Gasteiger partial charge is 0.254 e. The highest BCUT2D eigenvalue weighted by molar-refractivity contribution is 6.07. The molecule has 1 N–H and O–H groups in total. The van der Waals surface area contributed by atoms with Crippen LogP contribution in [0.3, 0.4) is 0 Å². The summed E-state index contributed by atoms with van der Waals surface area (Å²) < 4.78 is 7.63. The van der Waals surface area contributed by atoms with Gasteiger partial charge in [-0.05, 0) is 65.2 Å². The number of nitrogens with one attached hydrogen (secondary N) is 1. The van der Waals surface area contributed by atoms with Crippen molar-refractivity contribution in [1.29, 1.82) is 0 Å². The summed E-state index contributed by atoms with van der Waals surface area (Å²) >= 11 is 0. The summed E-state index contributed by atoms with van der Waals surface area (Å²) in [5.41, 5.74) is 7.16. The molecule has 0 aliphatic heterocycles. The highest BCUT2D eigenvalue weighted by atomic mass is 16.5. The molecule has 2 aromatic heterocycles. The number of carbonyl (C=O) groups is 1. The molecule has 200 valence electrons. The summed E-state index contributed by atoms with van der Waals surface area (Å²) in [7, 11) is 7.60. The predicted octanol–water partition coefficient (Wildman–Crippen LogP) is 4.99. The molecule has 0 spiro atoms. The first-order valence-electron chi connectivity index (χ1n) is 13.0. The molecule has 2 aromatic carbocycles. The Morgan fingerprint density at radius 1 is 1.08 bits per heavy atom. The summed E-state index contributed by atoms with van der Waals surface area (Å²) in [4.78, 5) is 22.6. The number of hydrogen-bond donors (Lipinski definition) is 1. The minimum atomic E-state index is -0.0539. The minimum absolute atomic E-state index is 0.0539. The number of aryl methyl sites for hydroxylation is 2. The number of amides is 1. The summed E-state index contributed by atoms with van der Waals surface area (Å²) in [6, 6.07) is 13.9. The number of nitrogens with zero attached hydrogens (tertiary/aromatic N) is 5. The topological polar surface area (TPSA) is 75.5 Å². The lowest BCUT2D eigenvalue weighted by Gasteiger charge is -2.19. The van der Waals surface area contributed by atoms with E-state index in [2.05, 4.69) is 22.2 Å². The third-order valence-electron chi connectivity index (χ3n) is 6.82. The van der Waals surface area contributed by atoms with E-state index in [1.54, 1.807) is 12.0 Å². The molecule has 0 fully saturated rings. The van der Waals surface area contributed by atoms with Crippen LogP contribution in [0.25, 0.3) is 22.2 Å². The SMILES string of the molecule is CCn1ncc(CN(C)C(=O)c2cc(-c3ccc(NCCN(C)C)c(OC)c3)nc3ccc(C)cc23)c1C. The van der Waals surface area contributed by atoms with Crippen molar-refractivity contribution in [3.8, 4) is 17.0 Å². The molecule has 38 heavy (non-hydrogen) atoms. The number of carbonyl (C=O) groups excluding carboxylic acids is 1. The second-order valence-electron chi connectivity index (χ2n) is 9.95. The Bertz CT molecular complexity index is 1440. The standard InChI is InChI=1S/C30H38N6O2/c1-8-36-21(3)23(18-32-36)19-35(6)30(37)25-17-28(33-26-11-9-20(2)15-24(25)26)22-10-12-27(29(16-22)38-7)31-13-14-34(4)5/h9-12,15-18,31H,8,13-14,19H2,1-7H3. The van der Waals surface area contributed by atoms with E-state index in [0.717, 1.165) is 70.1 Å². The molecule has 0 saturated heterocycles. The van der Waals surface area contributed by atoms with E-state index < -0.39 is 0 Å². The molecule has 0 saturated carbocycles. The van der Waals surface area contributed by atoms with E-state index in [9.17, 15) is 4.79 Å². The maximum absolute atomic E-state index is 13.8. The van der Waals surface area contributed by atoms with Gasteiger partial charge in [0.1, 0.15) is 5.75 Å². The number of rotatable bonds is 10. The average molecular weight is 515 g/mol. The van der Waals surface area contributed by atoms with Crippen LogP contribution in [-0.4, -0.2) is 71.8 Å². The lowest BCUT2D eigenvalue weighted by atomic mass is 10.0. The molecule has 1 amide bonds. The van der Waals surface area contributed by atoms with Crippen molar-refractivity contribution in [2.75, 3.05) is 46.7 Å². The highest BCUT2D eigenvalue weighted by Crippen LogP contribution is 2.32. The van der Waals surface area contributed by atoms with E-state index in [1.165, 1.54) is 0 Å². The van der Waals surface area contributed by atoms with Gasteiger partial charge in [-0.2, -0.15) is 5.10 Å². The number of anilines is 1. The molecule has 8 heteroatoms. The Labute approximate surface area is 225 Å². The molecule has 0 radical (unpaired) electrons. The van der Waals surface area contributed by atoms with Crippen LogP contribution >= 0.6 is 0 Å². The zero-order valence-corrected chi connectivity index (χ0v) is 23.5. The number of aromatic nitrogens is 3. The first kappa shape index (κ1) is 27.1. The van der Waals surface area contributed by atoms with E-state index in [1.807, 2.05) is 88.3 Å². The van der Waals surface area contributed by atoms with Gasteiger partial charge in [-0.15, -0.1) is 0 Å². The van der Waals surface area contributed by atoms with Gasteiger partial charge < -0.3 is 19.9 Å². The van der Waals surface area contributed by atoms with Gasteiger partial charge in [0.25, 0.3) is 5.91 Å². The molecule has 8 nitrogen and oxygen atoms in total. The first-order chi connectivity index (χ1) is 18.2. The molecular weight excluding hydrogens is 476 g/mol. The first-order valence-corrected chi connectivity index (χ1v) is 13.0. The molecule has 4 aromatic rings. The average Bonchev–Trinajstić information content (AvgIpc) is 3.26. The Morgan fingerprint density at radius 2 is 1.87 bits per heavy atom. The molecule has 0 aliphatic carbocycles. The van der Waals surface area contributed by atoms with Crippen LogP contribution < -0.4 is 10.1 Å². The zero-order chi connectivity index (χ0) is 27.4. The third kappa shape index (κ3) is 5.81. The van der Waals surface area contributed by atoms with E-state index in [-0.39, 0.29) is 5.91 Å². The molecular formula is C30H38N6O2. The Hall–Kier alpha value is -3.91. The van der Waals surface area contributed by atoms with Crippen LogP contribution in [0.5, 0.6) is 5.75 Å². The fourth-order valence-corrected chi connectivity index (χ4v) is 4.57. The van der Waals surface area contributed by atoms with Crippen LogP contribution in [0.2, 0.25) is 0 Å². The van der Waals surface area contributed by atoms with Crippen molar-refractivity contribution in [3.05, 3.63) is 71.0 Å². The van der Waals surface area contributed by atoms with E-state index in [4.69, 9.17) is 9.72 Å². The number of fused-ring (bicyclic) bond motifs is 1. The maximum atomic E-state index is 13.8. The van der Waals surface area contributed by atoms with E-state index in [0.29, 0.717) is 12.1 Å². The van der Waals surface area contributed by atoms with Crippen molar-refractivity contribution in [1.82, 2.24) is 24.6 Å². The van der Waals surface area contributed by atoms with Gasteiger partial charge in [0.15, 0.2) is 0 Å². The predicted molar refractivity (Wildman–Crippen MR) is 154 cm³/mol. The molecule has 2 heterocycles. The molecule has 0 bridgehead atoms. The van der Waals surface area contributed by atoms with Gasteiger partial charge in [0.05, 0.1) is 35.8 Å². The lowest BCUT2D eigenvalue weighted by Crippen LogP contribution is -2.27. The van der Waals surface area contributed by atoms with Crippen LogP contribution in [0.4, 0.5) is 5.69 Å². The number of benzene rings is 2. The second-order valence-corrected chi connectivity index (χ2v) is 9.95. The van der Waals surface area contributed by atoms with Crippen molar-refractivity contribution in [3.63, 3.8) is 0 Å². The van der Waals surface area contributed by atoms with Gasteiger partial charge in [-0.25, -0.2) is 4.98 Å². The third-order valence-corrected chi connectivity index (χ3v) is 6.82. The van der Waals surface area contributed by atoms with Gasteiger partial charge in [-0.1, -0.05) is 17.7 Å².